The van der Waals surface area contributed by atoms with Crippen LogP contribution in [0.5, 0.6) is 0 Å². The normalized spacial score (nSPS) is 18.7. The van der Waals surface area contributed by atoms with Crippen LogP contribution >= 0.6 is 11.6 Å². The molecule has 0 bridgehead atoms. The molecule has 2 aromatic carbocycles. The second-order valence-electron chi connectivity index (χ2n) is 8.62. The van der Waals surface area contributed by atoms with Gasteiger partial charge < -0.3 is 15.4 Å². The highest BCUT2D eigenvalue weighted by Crippen LogP contribution is 2.26. The molecule has 1 aliphatic rings. The maximum absolute atomic E-state index is 14.2. The molecule has 2 N–H and O–H groups in total. The summed E-state index contributed by atoms with van der Waals surface area (Å²) in [5.74, 6) is -0.693. The van der Waals surface area contributed by atoms with Crippen molar-refractivity contribution in [1.82, 2.24) is 25.1 Å². The minimum absolute atomic E-state index is 0.00604. The fraction of sp³-hybridized carbons (Fsp3) is 0.280. The Hall–Kier alpha value is -3.63. The number of hydrogen-bond donors (Lipinski definition) is 2. The van der Waals surface area contributed by atoms with Crippen LogP contribution in [0, 0.1) is 5.82 Å². The third-order valence-electron chi connectivity index (χ3n) is 6.06. The largest absolute Gasteiger partial charge is 0.378 e. The van der Waals surface area contributed by atoms with Gasteiger partial charge in [-0.3, -0.25) is 9.48 Å². The third kappa shape index (κ3) is 5.14. The second kappa shape index (κ2) is 10.2. The molecule has 3 heterocycles. The minimum atomic E-state index is -1.16. The Labute approximate surface area is 210 Å². The lowest BCUT2D eigenvalue weighted by molar-refractivity contribution is 0.0284. The molecule has 186 valence electrons. The van der Waals surface area contributed by atoms with Gasteiger partial charge in [0.05, 0.1) is 35.4 Å². The number of nitrogens with one attached hydrogen (secondary N) is 2. The number of aryl methyl sites for hydroxylation is 1. The number of aromatic nitrogens is 4. The number of hydrogen-bond acceptors (Lipinski definition) is 6. The Kier molecular flexibility index (Phi) is 6.80. The highest BCUT2D eigenvalue weighted by atomic mass is 35.5. The second-order valence-corrected chi connectivity index (χ2v) is 9.03. The first-order chi connectivity index (χ1) is 17.4. The smallest absolute Gasteiger partial charge is 0.252 e. The lowest BCUT2D eigenvalue weighted by Crippen LogP contribution is -2.39. The van der Waals surface area contributed by atoms with E-state index in [1.807, 2.05) is 0 Å². The molecule has 11 heteroatoms. The number of rotatable bonds is 6. The van der Waals surface area contributed by atoms with E-state index < -0.39 is 24.1 Å². The number of benzene rings is 2. The Morgan fingerprint density at radius 1 is 1.22 bits per heavy atom. The average Bonchev–Trinajstić information content (AvgIpc) is 3.31. The number of fused-ring (bicyclic) bond motifs is 1. The van der Waals surface area contributed by atoms with E-state index in [0.29, 0.717) is 35.2 Å². The summed E-state index contributed by atoms with van der Waals surface area (Å²) in [6, 6.07) is 8.33. The SMILES string of the molecule is Cn1cc([C@@H](NC(=O)c2ccc3cnc(N[C@@H]4CCOC[C@@H]4F)nc3c2)c2ccc(Cl)c(F)c2)cn1. The molecule has 8 nitrogen and oxygen atoms in total. The van der Waals surface area contributed by atoms with E-state index in [0.717, 1.165) is 5.39 Å². The van der Waals surface area contributed by atoms with Gasteiger partial charge in [0.25, 0.3) is 5.91 Å². The molecule has 3 atom stereocenters. The van der Waals surface area contributed by atoms with E-state index in [2.05, 4.69) is 25.7 Å². The van der Waals surface area contributed by atoms with Crippen LogP contribution in [0.2, 0.25) is 5.02 Å². The first-order valence-electron chi connectivity index (χ1n) is 11.4. The molecule has 4 aromatic rings. The number of alkyl halides is 1. The molecule has 1 amide bonds. The van der Waals surface area contributed by atoms with Gasteiger partial charge in [0, 0.05) is 42.6 Å². The number of carbonyl (C=O) groups excluding carboxylic acids is 1. The average molecular weight is 513 g/mol. The van der Waals surface area contributed by atoms with Crippen molar-refractivity contribution >= 4 is 34.4 Å². The van der Waals surface area contributed by atoms with Crippen molar-refractivity contribution in [2.75, 3.05) is 18.5 Å². The van der Waals surface area contributed by atoms with E-state index in [-0.39, 0.29) is 23.5 Å². The van der Waals surface area contributed by atoms with E-state index in [1.54, 1.807) is 54.6 Å². The highest BCUT2D eigenvalue weighted by molar-refractivity contribution is 6.30. The quantitative estimate of drug-likeness (QED) is 0.402. The van der Waals surface area contributed by atoms with Crippen LogP contribution in [0.3, 0.4) is 0 Å². The number of nitrogens with zero attached hydrogens (tertiary/aromatic N) is 4. The fourth-order valence-electron chi connectivity index (χ4n) is 4.12. The van der Waals surface area contributed by atoms with Gasteiger partial charge in [-0.25, -0.2) is 18.7 Å². The number of ether oxygens (including phenoxy) is 1. The maximum Gasteiger partial charge on any atom is 0.252 e. The maximum atomic E-state index is 14.2. The lowest BCUT2D eigenvalue weighted by atomic mass is 10.0. The monoisotopic (exact) mass is 512 g/mol. The first kappa shape index (κ1) is 24.1. The molecule has 0 spiro atoms. The molecule has 0 saturated carbocycles. The van der Waals surface area contributed by atoms with E-state index in [9.17, 15) is 13.6 Å². The zero-order valence-electron chi connectivity index (χ0n) is 19.3. The Bertz CT molecular complexity index is 1410. The molecule has 0 radical (unpaired) electrons. The number of anilines is 1. The van der Waals surface area contributed by atoms with Crippen molar-refractivity contribution < 1.29 is 18.3 Å². The summed E-state index contributed by atoms with van der Waals surface area (Å²) in [7, 11) is 1.75. The molecule has 5 rings (SSSR count). The number of carbonyl (C=O) groups is 1. The van der Waals surface area contributed by atoms with Crippen LogP contribution in [-0.2, 0) is 11.8 Å². The molecular formula is C25H23ClF2N6O2. The van der Waals surface area contributed by atoms with Gasteiger partial charge in [-0.05, 0) is 36.2 Å². The first-order valence-corrected chi connectivity index (χ1v) is 11.7. The standard InChI is InChI=1S/C25H23ClF2N6O2/c1-34-12-17(11-30-34)23(14-4-5-18(26)19(27)8-14)33-24(35)15-2-3-16-10-29-25(32-22(16)9-15)31-21-6-7-36-13-20(21)28/h2-5,8-12,20-21,23H,6-7,13H2,1H3,(H,33,35)(H,29,31,32)/t20-,21+,23-/m0/s1. The summed E-state index contributed by atoms with van der Waals surface area (Å²) in [4.78, 5) is 22.0. The van der Waals surface area contributed by atoms with Gasteiger partial charge in [-0.15, -0.1) is 0 Å². The number of amides is 1. The summed E-state index contributed by atoms with van der Waals surface area (Å²) in [5, 5.41) is 10.9. The van der Waals surface area contributed by atoms with Crippen LogP contribution in [0.1, 0.15) is 33.9 Å². The van der Waals surface area contributed by atoms with Crippen LogP contribution in [0.15, 0.2) is 55.0 Å². The highest BCUT2D eigenvalue weighted by Gasteiger charge is 2.26. The van der Waals surface area contributed by atoms with Gasteiger partial charge in [-0.2, -0.15) is 5.10 Å². The molecule has 1 aliphatic heterocycles. The van der Waals surface area contributed by atoms with Gasteiger partial charge in [-0.1, -0.05) is 23.7 Å². The van der Waals surface area contributed by atoms with Gasteiger partial charge in [0.1, 0.15) is 12.0 Å². The van der Waals surface area contributed by atoms with Crippen molar-refractivity contribution in [1.29, 1.82) is 0 Å². The fourth-order valence-corrected chi connectivity index (χ4v) is 4.24. The lowest BCUT2D eigenvalue weighted by Gasteiger charge is -2.26. The topological polar surface area (TPSA) is 94.0 Å². The van der Waals surface area contributed by atoms with Crippen LogP contribution in [-0.4, -0.2) is 51.1 Å². The van der Waals surface area contributed by atoms with Gasteiger partial charge in [0.2, 0.25) is 5.95 Å². The van der Waals surface area contributed by atoms with E-state index in [4.69, 9.17) is 16.3 Å². The van der Waals surface area contributed by atoms with Gasteiger partial charge >= 0.3 is 0 Å². The number of halogens is 3. The summed E-state index contributed by atoms with van der Waals surface area (Å²) >= 11 is 5.85. The van der Waals surface area contributed by atoms with Crippen LogP contribution < -0.4 is 10.6 Å². The van der Waals surface area contributed by atoms with Crippen molar-refractivity contribution in [3.8, 4) is 0 Å². The van der Waals surface area contributed by atoms with Crippen molar-refractivity contribution in [2.45, 2.75) is 24.7 Å². The molecule has 0 aliphatic carbocycles. The van der Waals surface area contributed by atoms with E-state index >= 15 is 0 Å². The van der Waals surface area contributed by atoms with Crippen molar-refractivity contribution in [2.24, 2.45) is 7.05 Å². The van der Waals surface area contributed by atoms with Crippen LogP contribution in [0.25, 0.3) is 10.9 Å². The summed E-state index contributed by atoms with van der Waals surface area (Å²) in [6.07, 6.45) is 4.33. The third-order valence-corrected chi connectivity index (χ3v) is 6.36. The molecule has 2 aromatic heterocycles. The molecule has 36 heavy (non-hydrogen) atoms. The van der Waals surface area contributed by atoms with Gasteiger partial charge in [0.15, 0.2) is 0 Å². The van der Waals surface area contributed by atoms with Crippen molar-refractivity contribution in [3.63, 3.8) is 0 Å². The molecular weight excluding hydrogens is 490 g/mol. The summed E-state index contributed by atoms with van der Waals surface area (Å²) in [6.45, 7) is 0.497. The van der Waals surface area contributed by atoms with E-state index in [1.165, 1.54) is 12.1 Å². The summed E-state index contributed by atoms with van der Waals surface area (Å²) in [5.41, 5.74) is 2.08. The molecule has 0 unspecified atom stereocenters. The molecule has 1 fully saturated rings. The van der Waals surface area contributed by atoms with Crippen LogP contribution in [0.4, 0.5) is 14.7 Å². The Morgan fingerprint density at radius 3 is 2.83 bits per heavy atom. The zero-order chi connectivity index (χ0) is 25.2. The molecule has 1 saturated heterocycles. The zero-order valence-corrected chi connectivity index (χ0v) is 20.0. The predicted octanol–water partition coefficient (Wildman–Crippen LogP) is 4.21. The summed E-state index contributed by atoms with van der Waals surface area (Å²) < 4.78 is 35.1. The Balaban J connectivity index is 1.41. The Morgan fingerprint density at radius 2 is 2.08 bits per heavy atom. The minimum Gasteiger partial charge on any atom is -0.378 e. The predicted molar refractivity (Wildman–Crippen MR) is 131 cm³/mol. The van der Waals surface area contributed by atoms with Crippen molar-refractivity contribution in [3.05, 3.63) is 82.5 Å².